The molecular formula is C18H29FN4O. The lowest BCUT2D eigenvalue weighted by molar-refractivity contribution is 0.191. The molecule has 24 heavy (non-hydrogen) atoms. The van der Waals surface area contributed by atoms with Crippen molar-refractivity contribution >= 4 is 5.96 Å². The van der Waals surface area contributed by atoms with Crippen LogP contribution in [-0.2, 0) is 6.54 Å². The number of hydrogen-bond donors (Lipinski definition) is 3. The van der Waals surface area contributed by atoms with Gasteiger partial charge in [-0.2, -0.15) is 0 Å². The van der Waals surface area contributed by atoms with Crippen LogP contribution < -0.4 is 10.6 Å². The predicted molar refractivity (Wildman–Crippen MR) is 95.7 cm³/mol. The number of aromatic hydroxyl groups is 1. The van der Waals surface area contributed by atoms with E-state index in [0.717, 1.165) is 31.0 Å². The van der Waals surface area contributed by atoms with E-state index >= 15 is 0 Å². The lowest BCUT2D eigenvalue weighted by Gasteiger charge is -2.30. The molecular weight excluding hydrogens is 307 g/mol. The highest BCUT2D eigenvalue weighted by Crippen LogP contribution is 2.16. The summed E-state index contributed by atoms with van der Waals surface area (Å²) in [4.78, 5) is 6.70. The molecule has 1 aliphatic heterocycles. The summed E-state index contributed by atoms with van der Waals surface area (Å²) in [7, 11) is 1.72. The van der Waals surface area contributed by atoms with Crippen molar-refractivity contribution in [3.05, 3.63) is 29.6 Å². The van der Waals surface area contributed by atoms with Gasteiger partial charge in [-0.25, -0.2) is 4.39 Å². The van der Waals surface area contributed by atoms with Crippen LogP contribution >= 0.6 is 0 Å². The average Bonchev–Trinajstić information content (AvgIpc) is 2.59. The number of guanidine groups is 1. The number of phenolic OH excluding ortho intramolecular Hbond substituents is 1. The van der Waals surface area contributed by atoms with Crippen LogP contribution in [0, 0.1) is 11.7 Å². The van der Waals surface area contributed by atoms with Gasteiger partial charge in [0.15, 0.2) is 17.5 Å². The summed E-state index contributed by atoms with van der Waals surface area (Å²) in [6.45, 7) is 7.17. The third kappa shape index (κ3) is 6.00. The van der Waals surface area contributed by atoms with Gasteiger partial charge < -0.3 is 20.6 Å². The van der Waals surface area contributed by atoms with Crippen LogP contribution in [0.25, 0.3) is 0 Å². The quantitative estimate of drug-likeness (QED) is 0.424. The van der Waals surface area contributed by atoms with E-state index in [-0.39, 0.29) is 5.75 Å². The first-order valence-electron chi connectivity index (χ1n) is 8.72. The Hall–Kier alpha value is -1.82. The third-order valence-corrected chi connectivity index (χ3v) is 4.52. The maximum absolute atomic E-state index is 13.3. The summed E-state index contributed by atoms with van der Waals surface area (Å²) in [6, 6.07) is 4.38. The maximum Gasteiger partial charge on any atom is 0.191 e. The number of piperidine rings is 1. The monoisotopic (exact) mass is 336 g/mol. The number of benzene rings is 1. The fraction of sp³-hybridized carbons (Fsp3) is 0.611. The standard InChI is InChI=1S/C18H29FN4O/c1-14-6-10-23(11-7-14)9-3-8-21-18(20-2)22-13-15-4-5-17(24)16(19)12-15/h4-5,12,14,24H,3,6-11,13H2,1-2H3,(H2,20,21,22). The molecule has 0 radical (unpaired) electrons. The van der Waals surface area contributed by atoms with Gasteiger partial charge in [0, 0.05) is 20.1 Å². The van der Waals surface area contributed by atoms with Crippen molar-refractivity contribution in [1.29, 1.82) is 0 Å². The summed E-state index contributed by atoms with van der Waals surface area (Å²) >= 11 is 0. The molecule has 0 aliphatic carbocycles. The van der Waals surface area contributed by atoms with Crippen LogP contribution in [0.1, 0.15) is 31.7 Å². The Bertz CT molecular complexity index is 542. The SMILES string of the molecule is CN=C(NCCCN1CCC(C)CC1)NCc1ccc(O)c(F)c1. The van der Waals surface area contributed by atoms with Crippen LogP contribution in [0.3, 0.4) is 0 Å². The summed E-state index contributed by atoms with van der Waals surface area (Å²) in [6.07, 6.45) is 3.68. The molecule has 1 aromatic carbocycles. The minimum absolute atomic E-state index is 0.326. The Kier molecular flexibility index (Phi) is 7.31. The van der Waals surface area contributed by atoms with E-state index in [1.54, 1.807) is 13.1 Å². The first kappa shape index (κ1) is 18.5. The van der Waals surface area contributed by atoms with Crippen LogP contribution in [0.5, 0.6) is 5.75 Å². The average molecular weight is 336 g/mol. The molecule has 1 saturated heterocycles. The first-order valence-corrected chi connectivity index (χ1v) is 8.72. The Balaban J connectivity index is 1.64. The van der Waals surface area contributed by atoms with Gasteiger partial charge in [0.2, 0.25) is 0 Å². The molecule has 0 amide bonds. The molecule has 1 aromatic rings. The summed E-state index contributed by atoms with van der Waals surface area (Å²) in [5.41, 5.74) is 0.760. The van der Waals surface area contributed by atoms with Crippen molar-refractivity contribution in [3.8, 4) is 5.75 Å². The van der Waals surface area contributed by atoms with Gasteiger partial charge in [0.25, 0.3) is 0 Å². The van der Waals surface area contributed by atoms with E-state index in [9.17, 15) is 9.50 Å². The summed E-state index contributed by atoms with van der Waals surface area (Å²) in [5, 5.41) is 15.6. The van der Waals surface area contributed by atoms with Gasteiger partial charge in [-0.1, -0.05) is 13.0 Å². The molecule has 0 unspecified atom stereocenters. The zero-order chi connectivity index (χ0) is 17.4. The molecule has 0 atom stereocenters. The minimum atomic E-state index is -0.604. The van der Waals surface area contributed by atoms with E-state index < -0.39 is 5.82 Å². The van der Waals surface area contributed by atoms with Gasteiger partial charge >= 0.3 is 0 Å². The second-order valence-electron chi connectivity index (χ2n) is 6.52. The van der Waals surface area contributed by atoms with Crippen molar-refractivity contribution in [3.63, 3.8) is 0 Å². The fourth-order valence-corrected chi connectivity index (χ4v) is 2.86. The number of rotatable bonds is 6. The summed E-state index contributed by atoms with van der Waals surface area (Å²) < 4.78 is 13.3. The number of halogens is 1. The molecule has 134 valence electrons. The molecule has 0 saturated carbocycles. The van der Waals surface area contributed by atoms with Crippen molar-refractivity contribution in [2.24, 2.45) is 10.9 Å². The van der Waals surface area contributed by atoms with Gasteiger partial charge in [0.1, 0.15) is 0 Å². The molecule has 1 heterocycles. The van der Waals surface area contributed by atoms with Crippen molar-refractivity contribution < 1.29 is 9.50 Å². The Morgan fingerprint density at radius 2 is 2.08 bits per heavy atom. The van der Waals surface area contributed by atoms with E-state index in [2.05, 4.69) is 27.4 Å². The van der Waals surface area contributed by atoms with Gasteiger partial charge in [-0.05, 0) is 62.5 Å². The maximum atomic E-state index is 13.3. The number of likely N-dealkylation sites (tertiary alicyclic amines) is 1. The summed E-state index contributed by atoms with van der Waals surface area (Å²) in [5.74, 6) is 0.643. The van der Waals surface area contributed by atoms with E-state index in [1.165, 1.54) is 38.1 Å². The van der Waals surface area contributed by atoms with Gasteiger partial charge in [-0.3, -0.25) is 4.99 Å². The largest absolute Gasteiger partial charge is 0.505 e. The molecule has 0 aromatic heterocycles. The molecule has 1 fully saturated rings. The molecule has 6 heteroatoms. The molecule has 2 rings (SSSR count). The highest BCUT2D eigenvalue weighted by Gasteiger charge is 2.14. The normalized spacial score (nSPS) is 17.0. The third-order valence-electron chi connectivity index (χ3n) is 4.52. The highest BCUT2D eigenvalue weighted by atomic mass is 19.1. The lowest BCUT2D eigenvalue weighted by Crippen LogP contribution is -2.39. The molecule has 3 N–H and O–H groups in total. The number of aliphatic imine (C=N–C) groups is 1. The van der Waals surface area contributed by atoms with Crippen molar-refractivity contribution in [2.75, 3.05) is 33.2 Å². The van der Waals surface area contributed by atoms with Crippen LogP contribution in [0.15, 0.2) is 23.2 Å². The van der Waals surface area contributed by atoms with Gasteiger partial charge in [0.05, 0.1) is 0 Å². The Labute approximate surface area is 144 Å². The second-order valence-corrected chi connectivity index (χ2v) is 6.52. The predicted octanol–water partition coefficient (Wildman–Crippen LogP) is 2.32. The second kappa shape index (κ2) is 9.47. The molecule has 0 bridgehead atoms. The van der Waals surface area contributed by atoms with Crippen molar-refractivity contribution in [2.45, 2.75) is 32.7 Å². The van der Waals surface area contributed by atoms with Crippen LogP contribution in [0.2, 0.25) is 0 Å². The minimum Gasteiger partial charge on any atom is -0.505 e. The Morgan fingerprint density at radius 3 is 2.75 bits per heavy atom. The zero-order valence-corrected chi connectivity index (χ0v) is 14.7. The smallest absolute Gasteiger partial charge is 0.191 e. The van der Waals surface area contributed by atoms with Gasteiger partial charge in [-0.15, -0.1) is 0 Å². The van der Waals surface area contributed by atoms with Crippen LogP contribution in [-0.4, -0.2) is 49.2 Å². The number of hydrogen-bond acceptors (Lipinski definition) is 3. The topological polar surface area (TPSA) is 59.9 Å². The van der Waals surface area contributed by atoms with E-state index in [1.807, 2.05) is 0 Å². The first-order chi connectivity index (χ1) is 11.6. The molecule has 0 spiro atoms. The fourth-order valence-electron chi connectivity index (χ4n) is 2.86. The van der Waals surface area contributed by atoms with Crippen molar-refractivity contribution in [1.82, 2.24) is 15.5 Å². The Morgan fingerprint density at radius 1 is 1.33 bits per heavy atom. The van der Waals surface area contributed by atoms with E-state index in [0.29, 0.717) is 12.5 Å². The highest BCUT2D eigenvalue weighted by molar-refractivity contribution is 5.79. The van der Waals surface area contributed by atoms with Crippen LogP contribution in [0.4, 0.5) is 4.39 Å². The molecule has 5 nitrogen and oxygen atoms in total. The number of nitrogens with zero attached hydrogens (tertiary/aromatic N) is 2. The van der Waals surface area contributed by atoms with E-state index in [4.69, 9.17) is 0 Å². The number of phenols is 1. The lowest BCUT2D eigenvalue weighted by atomic mass is 9.99. The zero-order valence-electron chi connectivity index (χ0n) is 14.7. The number of nitrogens with one attached hydrogen (secondary N) is 2. The molecule has 1 aliphatic rings.